The normalized spacial score (nSPS) is 22.5. The van der Waals surface area contributed by atoms with Crippen molar-refractivity contribution in [1.82, 2.24) is 15.6 Å². The van der Waals surface area contributed by atoms with Gasteiger partial charge < -0.3 is 20.4 Å². The minimum atomic E-state index is 0.0552. The summed E-state index contributed by atoms with van der Waals surface area (Å²) in [6.45, 7) is 20.7. The van der Waals surface area contributed by atoms with Crippen molar-refractivity contribution in [3.8, 4) is 0 Å². The lowest BCUT2D eigenvalue weighted by Gasteiger charge is -2.30. The maximum atomic E-state index is 12.5. The van der Waals surface area contributed by atoms with E-state index in [9.17, 15) is 4.79 Å². The number of nitrogens with zero attached hydrogens (tertiary/aromatic N) is 2. The van der Waals surface area contributed by atoms with Crippen molar-refractivity contribution in [2.75, 3.05) is 27.3 Å². The molecular weight excluding hydrogens is 474 g/mol. The highest BCUT2D eigenvalue weighted by Crippen LogP contribution is 2.36. The second-order valence-electron chi connectivity index (χ2n) is 11.8. The number of hydrogen-bond acceptors (Lipinski definition) is 5. The third kappa shape index (κ3) is 8.77. The molecule has 2 rings (SSSR count). The Balaban J connectivity index is 2.44. The summed E-state index contributed by atoms with van der Waals surface area (Å²) in [7, 11) is 3.44. The molecule has 0 saturated carbocycles. The monoisotopic (exact) mass is 525 g/mol. The molecule has 1 aromatic rings. The van der Waals surface area contributed by atoms with E-state index in [0.29, 0.717) is 25.6 Å². The molecule has 1 unspecified atom stereocenters. The highest BCUT2D eigenvalue weighted by Gasteiger charge is 2.34. The lowest BCUT2D eigenvalue weighted by Crippen LogP contribution is -2.42. The zero-order valence-electron chi connectivity index (χ0n) is 25.6. The Morgan fingerprint density at radius 1 is 1.29 bits per heavy atom. The predicted molar refractivity (Wildman–Crippen MR) is 161 cm³/mol. The molecule has 0 spiro atoms. The van der Waals surface area contributed by atoms with Gasteiger partial charge in [0.25, 0.3) is 0 Å². The lowest BCUT2D eigenvalue weighted by atomic mass is 9.83. The molecule has 212 valence electrons. The average Bonchev–Trinajstić information content (AvgIpc) is 3.35. The van der Waals surface area contributed by atoms with Crippen LogP contribution in [0.4, 0.5) is 0 Å². The van der Waals surface area contributed by atoms with Crippen LogP contribution in [0.1, 0.15) is 73.8 Å². The quantitative estimate of drug-likeness (QED) is 0.302. The van der Waals surface area contributed by atoms with Gasteiger partial charge in [-0.3, -0.25) is 14.8 Å². The summed E-state index contributed by atoms with van der Waals surface area (Å²) in [5, 5.41) is 8.80. The van der Waals surface area contributed by atoms with Crippen LogP contribution in [0.5, 0.6) is 0 Å². The molecule has 1 aliphatic rings. The van der Waals surface area contributed by atoms with Gasteiger partial charge in [-0.1, -0.05) is 27.7 Å². The van der Waals surface area contributed by atoms with Gasteiger partial charge in [0.2, 0.25) is 5.91 Å². The highest BCUT2D eigenvalue weighted by atomic mass is 16.5. The Bertz CT molecular complexity index is 1170. The number of hydrogen-bond donors (Lipinski definition) is 3. The van der Waals surface area contributed by atoms with E-state index in [0.717, 1.165) is 39.8 Å². The summed E-state index contributed by atoms with van der Waals surface area (Å²) < 4.78 is 5.06. The molecule has 0 bridgehead atoms. The minimum Gasteiger partial charge on any atom is -0.383 e. The topological polar surface area (TPSA) is 90.9 Å². The van der Waals surface area contributed by atoms with E-state index in [1.165, 1.54) is 5.56 Å². The van der Waals surface area contributed by atoms with Crippen molar-refractivity contribution in [2.24, 2.45) is 27.2 Å². The number of H-pyrrole nitrogens is 1. The molecule has 0 aliphatic carbocycles. The summed E-state index contributed by atoms with van der Waals surface area (Å²) in [6, 6.07) is 2.73. The van der Waals surface area contributed by atoms with Crippen molar-refractivity contribution in [3.05, 3.63) is 34.1 Å². The third-order valence-corrected chi connectivity index (χ3v) is 7.76. The molecule has 1 aromatic heterocycles. The summed E-state index contributed by atoms with van der Waals surface area (Å²) >= 11 is 0. The number of aliphatic imine (C=N–C) groups is 2. The van der Waals surface area contributed by atoms with Crippen LogP contribution in [0.2, 0.25) is 0 Å². The first-order valence-corrected chi connectivity index (χ1v) is 13.9. The zero-order chi connectivity index (χ0) is 28.6. The fourth-order valence-corrected chi connectivity index (χ4v) is 4.66. The second kappa shape index (κ2) is 14.0. The fourth-order valence-electron chi connectivity index (χ4n) is 4.66. The molecule has 0 aromatic carbocycles. The first-order chi connectivity index (χ1) is 17.8. The van der Waals surface area contributed by atoms with Gasteiger partial charge in [0.1, 0.15) is 0 Å². The van der Waals surface area contributed by atoms with Gasteiger partial charge in [-0.2, -0.15) is 0 Å². The molecular formula is C31H51N5O2. The molecule has 3 N–H and O–H groups in total. The number of aryl methyl sites for hydroxylation is 1. The van der Waals surface area contributed by atoms with Crippen LogP contribution in [0.15, 0.2) is 27.8 Å². The van der Waals surface area contributed by atoms with Gasteiger partial charge in [-0.25, -0.2) is 0 Å². The lowest BCUT2D eigenvalue weighted by molar-refractivity contribution is -0.121. The number of rotatable bonds is 11. The summed E-state index contributed by atoms with van der Waals surface area (Å²) in [4.78, 5) is 25.6. The molecule has 38 heavy (non-hydrogen) atoms. The molecule has 7 heteroatoms. The van der Waals surface area contributed by atoms with Gasteiger partial charge in [-0.15, -0.1) is 0 Å². The van der Waals surface area contributed by atoms with Crippen LogP contribution in [0.25, 0.3) is 11.6 Å². The molecule has 0 fully saturated rings. The maximum Gasteiger partial charge on any atom is 0.220 e. The number of aromatic amines is 1. The van der Waals surface area contributed by atoms with Crippen LogP contribution in [-0.4, -0.2) is 61.7 Å². The van der Waals surface area contributed by atoms with Crippen molar-refractivity contribution in [1.29, 1.82) is 0 Å². The minimum absolute atomic E-state index is 0.0552. The number of amides is 1. The van der Waals surface area contributed by atoms with Gasteiger partial charge in [-0.05, 0) is 75.8 Å². The van der Waals surface area contributed by atoms with Gasteiger partial charge in [0.05, 0.1) is 6.61 Å². The van der Waals surface area contributed by atoms with Crippen LogP contribution < -0.4 is 21.3 Å². The summed E-state index contributed by atoms with van der Waals surface area (Å²) in [5.41, 5.74) is 5.61. The summed E-state index contributed by atoms with van der Waals surface area (Å²) in [6.07, 6.45) is 5.54. The molecule has 7 nitrogen and oxygen atoms in total. The number of allylic oxidation sites excluding steroid dienone is 1. The molecule has 0 saturated heterocycles. The SMILES string of the molecule is C/N=C(C)/C=c1\[nH]/c(=C(/C)C2=N/C(=C\C(C)N[C@@H](C)C(C)(C)C)[C@@H](C)[C@@H]2CCC(=O)NCCOC)cc1C. The van der Waals surface area contributed by atoms with E-state index in [2.05, 4.69) is 94.2 Å². The van der Waals surface area contributed by atoms with E-state index in [1.54, 1.807) is 14.2 Å². The molecule has 2 heterocycles. The molecule has 4 atom stereocenters. The zero-order valence-corrected chi connectivity index (χ0v) is 25.6. The Morgan fingerprint density at radius 2 is 1.97 bits per heavy atom. The standard InChI is InChI=1S/C31H51N5O2/c1-19-16-27(35-26(19)17-20(2)32-10)23(5)30-25(12-13-29(37)33-14-15-38-11)22(4)28(36-30)18-21(3)34-24(6)31(7,8)9/h16-18,21-22,24-25,34-35H,12-15H2,1-11H3,(H,33,37)/b26-17-,27-23-,28-18-,32-20+/t21?,22-,24-,25-/m0/s1. The first kappa shape index (κ1) is 31.7. The fraction of sp³-hybridized carbons (Fsp3) is 0.645. The van der Waals surface area contributed by atoms with E-state index in [-0.39, 0.29) is 29.2 Å². The Morgan fingerprint density at radius 3 is 2.58 bits per heavy atom. The third-order valence-electron chi connectivity index (χ3n) is 7.76. The Kier molecular flexibility index (Phi) is 11.7. The maximum absolute atomic E-state index is 12.5. The first-order valence-electron chi connectivity index (χ1n) is 13.9. The smallest absolute Gasteiger partial charge is 0.220 e. The number of ether oxygens (including phenoxy) is 1. The predicted octanol–water partition coefficient (Wildman–Crippen LogP) is 3.91. The van der Waals surface area contributed by atoms with Crippen molar-refractivity contribution >= 4 is 29.0 Å². The number of methoxy groups -OCH3 is 1. The van der Waals surface area contributed by atoms with Crippen molar-refractivity contribution in [3.63, 3.8) is 0 Å². The van der Waals surface area contributed by atoms with Gasteiger partial charge in [0, 0.05) is 78.9 Å². The number of nitrogens with one attached hydrogen (secondary N) is 3. The average molecular weight is 526 g/mol. The Hall–Kier alpha value is -2.51. The number of carbonyl (C=O) groups excluding carboxylic acids is 1. The van der Waals surface area contributed by atoms with E-state index < -0.39 is 0 Å². The van der Waals surface area contributed by atoms with E-state index >= 15 is 0 Å². The number of aromatic nitrogens is 1. The van der Waals surface area contributed by atoms with Crippen molar-refractivity contribution in [2.45, 2.75) is 87.2 Å². The van der Waals surface area contributed by atoms with Crippen LogP contribution in [0, 0.1) is 24.2 Å². The summed E-state index contributed by atoms with van der Waals surface area (Å²) in [5.74, 6) is 0.439. The van der Waals surface area contributed by atoms with Crippen molar-refractivity contribution < 1.29 is 9.53 Å². The largest absolute Gasteiger partial charge is 0.383 e. The van der Waals surface area contributed by atoms with Crippen LogP contribution in [-0.2, 0) is 9.53 Å². The van der Waals surface area contributed by atoms with E-state index in [1.807, 2.05) is 6.92 Å². The van der Waals surface area contributed by atoms with Gasteiger partial charge >= 0.3 is 0 Å². The second-order valence-corrected chi connectivity index (χ2v) is 11.8. The highest BCUT2D eigenvalue weighted by molar-refractivity contribution is 6.20. The number of carbonyl (C=O) groups is 1. The Labute approximate surface area is 230 Å². The molecule has 1 aliphatic heterocycles. The van der Waals surface area contributed by atoms with Crippen LogP contribution in [0.3, 0.4) is 0 Å². The van der Waals surface area contributed by atoms with E-state index in [4.69, 9.17) is 9.73 Å². The van der Waals surface area contributed by atoms with Gasteiger partial charge in [0.15, 0.2) is 0 Å². The molecule has 1 amide bonds. The van der Waals surface area contributed by atoms with Crippen LogP contribution >= 0.6 is 0 Å². The molecule has 0 radical (unpaired) electrons.